The van der Waals surface area contributed by atoms with Crippen molar-refractivity contribution in [2.24, 2.45) is 0 Å². The second-order valence-electron chi connectivity index (χ2n) is 6.04. The summed E-state index contributed by atoms with van der Waals surface area (Å²) in [6.07, 6.45) is 4.03. The van der Waals surface area contributed by atoms with Crippen LogP contribution in [0.4, 0.5) is 0 Å². The second kappa shape index (κ2) is 7.28. The largest absolute Gasteiger partial charge is 0.387 e. The molecule has 3 heteroatoms. The molecule has 2 nitrogen and oxygen atoms in total. The highest BCUT2D eigenvalue weighted by molar-refractivity contribution is 6.30. The van der Waals surface area contributed by atoms with Crippen LogP contribution in [0.5, 0.6) is 0 Å². The summed E-state index contributed by atoms with van der Waals surface area (Å²) in [6.45, 7) is 0.563. The van der Waals surface area contributed by atoms with Gasteiger partial charge in [0.1, 0.15) is 0 Å². The molecule has 1 aliphatic rings. The maximum absolute atomic E-state index is 10.3. The SMILES string of the molecule is OC(CNC1CCCc2ccccc2C1)c1cccc(Cl)c1. The molecule has 0 bridgehead atoms. The van der Waals surface area contributed by atoms with Crippen molar-refractivity contribution in [2.45, 2.75) is 37.8 Å². The number of aliphatic hydroxyl groups is 1. The minimum Gasteiger partial charge on any atom is -0.387 e. The van der Waals surface area contributed by atoms with E-state index in [2.05, 4.69) is 29.6 Å². The fourth-order valence-electron chi connectivity index (χ4n) is 3.19. The van der Waals surface area contributed by atoms with Crippen molar-refractivity contribution >= 4 is 11.6 Å². The van der Waals surface area contributed by atoms with E-state index in [1.54, 1.807) is 0 Å². The molecule has 2 unspecified atom stereocenters. The van der Waals surface area contributed by atoms with Gasteiger partial charge in [0, 0.05) is 17.6 Å². The van der Waals surface area contributed by atoms with Crippen LogP contribution in [0.15, 0.2) is 48.5 Å². The lowest BCUT2D eigenvalue weighted by molar-refractivity contribution is 0.169. The van der Waals surface area contributed by atoms with E-state index in [0.29, 0.717) is 17.6 Å². The van der Waals surface area contributed by atoms with Crippen LogP contribution in [-0.2, 0) is 12.8 Å². The van der Waals surface area contributed by atoms with Crippen molar-refractivity contribution in [3.8, 4) is 0 Å². The van der Waals surface area contributed by atoms with E-state index in [4.69, 9.17) is 11.6 Å². The van der Waals surface area contributed by atoms with Gasteiger partial charge in [0.2, 0.25) is 0 Å². The fraction of sp³-hybridized carbons (Fsp3) is 0.368. The highest BCUT2D eigenvalue weighted by Crippen LogP contribution is 2.22. The molecule has 0 aliphatic heterocycles. The van der Waals surface area contributed by atoms with Crippen molar-refractivity contribution in [1.82, 2.24) is 5.32 Å². The van der Waals surface area contributed by atoms with Crippen LogP contribution in [0, 0.1) is 0 Å². The molecule has 22 heavy (non-hydrogen) atoms. The Balaban J connectivity index is 1.59. The van der Waals surface area contributed by atoms with Gasteiger partial charge >= 0.3 is 0 Å². The summed E-state index contributed by atoms with van der Waals surface area (Å²) in [4.78, 5) is 0. The Bertz CT molecular complexity index is 628. The van der Waals surface area contributed by atoms with Crippen molar-refractivity contribution in [1.29, 1.82) is 0 Å². The standard InChI is InChI=1S/C19H22ClNO/c20-17-9-3-8-16(11-17)19(22)13-21-18-10-4-7-14-5-1-2-6-15(14)12-18/h1-3,5-6,8-9,11,18-19,21-22H,4,7,10,12-13H2. The molecule has 0 spiro atoms. The number of aliphatic hydroxyl groups excluding tert-OH is 1. The van der Waals surface area contributed by atoms with Gasteiger partial charge in [-0.05, 0) is 54.5 Å². The minimum atomic E-state index is -0.516. The third-order valence-electron chi connectivity index (χ3n) is 4.42. The number of nitrogens with one attached hydrogen (secondary N) is 1. The van der Waals surface area contributed by atoms with Crippen LogP contribution in [0.1, 0.15) is 35.6 Å². The number of hydrogen-bond acceptors (Lipinski definition) is 2. The van der Waals surface area contributed by atoms with Crippen LogP contribution in [0.25, 0.3) is 0 Å². The quantitative estimate of drug-likeness (QED) is 0.838. The molecular weight excluding hydrogens is 294 g/mol. The third-order valence-corrected chi connectivity index (χ3v) is 4.65. The lowest BCUT2D eigenvalue weighted by atomic mass is 10.0. The van der Waals surface area contributed by atoms with Gasteiger partial charge in [-0.25, -0.2) is 0 Å². The smallest absolute Gasteiger partial charge is 0.0914 e. The fourth-order valence-corrected chi connectivity index (χ4v) is 3.39. The third kappa shape index (κ3) is 3.89. The number of benzene rings is 2. The van der Waals surface area contributed by atoms with Gasteiger partial charge in [-0.1, -0.05) is 48.0 Å². The summed E-state index contributed by atoms with van der Waals surface area (Å²) in [5, 5.41) is 14.5. The van der Waals surface area contributed by atoms with Crippen LogP contribution in [0.3, 0.4) is 0 Å². The maximum Gasteiger partial charge on any atom is 0.0914 e. The zero-order valence-electron chi connectivity index (χ0n) is 12.6. The number of halogens is 1. The summed E-state index contributed by atoms with van der Waals surface area (Å²) < 4.78 is 0. The Morgan fingerprint density at radius 3 is 2.77 bits per heavy atom. The summed E-state index contributed by atoms with van der Waals surface area (Å²) >= 11 is 5.98. The molecule has 116 valence electrons. The first kappa shape index (κ1) is 15.5. The van der Waals surface area contributed by atoms with E-state index in [1.807, 2.05) is 24.3 Å². The molecule has 0 fully saturated rings. The average Bonchev–Trinajstić information content (AvgIpc) is 2.74. The van der Waals surface area contributed by atoms with Gasteiger partial charge in [0.25, 0.3) is 0 Å². The molecular formula is C19H22ClNO. The molecule has 0 heterocycles. The van der Waals surface area contributed by atoms with Crippen LogP contribution < -0.4 is 5.32 Å². The Hall–Kier alpha value is -1.35. The van der Waals surface area contributed by atoms with Gasteiger partial charge in [-0.3, -0.25) is 0 Å². The van der Waals surface area contributed by atoms with Gasteiger partial charge in [0.05, 0.1) is 6.10 Å². The number of rotatable bonds is 4. The number of aryl methyl sites for hydroxylation is 1. The average molecular weight is 316 g/mol. The van der Waals surface area contributed by atoms with Crippen molar-refractivity contribution in [2.75, 3.05) is 6.54 Å². The first-order chi connectivity index (χ1) is 10.7. The van der Waals surface area contributed by atoms with Gasteiger partial charge in [-0.2, -0.15) is 0 Å². The molecule has 0 saturated carbocycles. The van der Waals surface area contributed by atoms with E-state index < -0.39 is 6.10 Å². The highest BCUT2D eigenvalue weighted by atomic mass is 35.5. The summed E-state index contributed by atoms with van der Waals surface area (Å²) in [5.74, 6) is 0. The molecule has 3 rings (SSSR count). The molecule has 0 radical (unpaired) electrons. The normalized spacial score (nSPS) is 19.3. The number of hydrogen-bond donors (Lipinski definition) is 2. The molecule has 1 aliphatic carbocycles. The highest BCUT2D eigenvalue weighted by Gasteiger charge is 2.17. The Morgan fingerprint density at radius 1 is 1.14 bits per heavy atom. The molecule has 2 atom stereocenters. The molecule has 2 aromatic carbocycles. The van der Waals surface area contributed by atoms with Gasteiger partial charge in [0.15, 0.2) is 0 Å². The summed E-state index contributed by atoms with van der Waals surface area (Å²) in [6, 6.07) is 16.6. The van der Waals surface area contributed by atoms with Crippen molar-refractivity contribution < 1.29 is 5.11 Å². The summed E-state index contributed by atoms with van der Waals surface area (Å²) in [5.41, 5.74) is 3.78. The van der Waals surface area contributed by atoms with E-state index in [-0.39, 0.29) is 0 Å². The van der Waals surface area contributed by atoms with E-state index in [0.717, 1.165) is 24.8 Å². The van der Waals surface area contributed by atoms with Gasteiger partial charge < -0.3 is 10.4 Å². The Labute approximate surface area is 137 Å². The van der Waals surface area contributed by atoms with E-state index in [1.165, 1.54) is 17.5 Å². The first-order valence-corrected chi connectivity index (χ1v) is 8.34. The topological polar surface area (TPSA) is 32.3 Å². The molecule has 2 N–H and O–H groups in total. The predicted octanol–water partition coefficient (Wildman–Crippen LogP) is 3.91. The molecule has 0 amide bonds. The lowest BCUT2D eigenvalue weighted by Crippen LogP contribution is -2.34. The lowest BCUT2D eigenvalue weighted by Gasteiger charge is -2.20. The minimum absolute atomic E-state index is 0.428. The first-order valence-electron chi connectivity index (χ1n) is 7.96. The molecule has 0 aromatic heterocycles. The molecule has 2 aromatic rings. The predicted molar refractivity (Wildman–Crippen MR) is 91.3 cm³/mol. The Morgan fingerprint density at radius 2 is 1.95 bits per heavy atom. The summed E-state index contributed by atoms with van der Waals surface area (Å²) in [7, 11) is 0. The number of fused-ring (bicyclic) bond motifs is 1. The maximum atomic E-state index is 10.3. The second-order valence-corrected chi connectivity index (χ2v) is 6.48. The monoisotopic (exact) mass is 315 g/mol. The zero-order chi connectivity index (χ0) is 15.4. The zero-order valence-corrected chi connectivity index (χ0v) is 13.4. The van der Waals surface area contributed by atoms with E-state index in [9.17, 15) is 5.11 Å². The van der Waals surface area contributed by atoms with Crippen LogP contribution in [0.2, 0.25) is 5.02 Å². The van der Waals surface area contributed by atoms with Gasteiger partial charge in [-0.15, -0.1) is 0 Å². The van der Waals surface area contributed by atoms with E-state index >= 15 is 0 Å². The van der Waals surface area contributed by atoms with Crippen LogP contribution in [-0.4, -0.2) is 17.7 Å². The molecule has 0 saturated heterocycles. The Kier molecular flexibility index (Phi) is 5.14. The van der Waals surface area contributed by atoms with Crippen LogP contribution >= 0.6 is 11.6 Å². The van der Waals surface area contributed by atoms with Crippen molar-refractivity contribution in [3.63, 3.8) is 0 Å². The van der Waals surface area contributed by atoms with Crippen molar-refractivity contribution in [3.05, 3.63) is 70.2 Å².